The number of carbonyl (C=O) groups excluding carboxylic acids is 2. The molecule has 0 unspecified atom stereocenters. The van der Waals surface area contributed by atoms with E-state index in [1.165, 1.54) is 5.56 Å². The molecule has 0 fully saturated rings. The van der Waals surface area contributed by atoms with Crippen LogP contribution in [0, 0.1) is 0 Å². The van der Waals surface area contributed by atoms with Crippen molar-refractivity contribution in [2.45, 2.75) is 25.9 Å². The van der Waals surface area contributed by atoms with Gasteiger partial charge >= 0.3 is 0 Å². The summed E-state index contributed by atoms with van der Waals surface area (Å²) in [6.07, 6.45) is 0.399. The summed E-state index contributed by atoms with van der Waals surface area (Å²) < 4.78 is 0. The highest BCUT2D eigenvalue weighted by atomic mass is 16.2. The lowest BCUT2D eigenvalue weighted by Gasteiger charge is -2.10. The molecule has 154 valence electrons. The maximum Gasteiger partial charge on any atom is 0.220 e. The Hall–Kier alpha value is -3.24. The quantitative estimate of drug-likeness (QED) is 0.530. The maximum atomic E-state index is 12.4. The van der Waals surface area contributed by atoms with E-state index in [1.807, 2.05) is 80.8 Å². The van der Waals surface area contributed by atoms with Crippen molar-refractivity contribution in [2.75, 3.05) is 14.1 Å². The van der Waals surface area contributed by atoms with E-state index in [2.05, 4.69) is 22.3 Å². The van der Waals surface area contributed by atoms with E-state index in [0.29, 0.717) is 12.1 Å². The number of hydrogen-bond donors (Lipinski definition) is 1. The molecule has 3 rings (SSSR count). The SMILES string of the molecule is CN(C)Cc1ccc(CNC(=O)CCC(=O)c2ccc(-c3ccccc3)cc2)cc1. The molecule has 3 aromatic carbocycles. The lowest BCUT2D eigenvalue weighted by atomic mass is 10.0. The zero-order chi connectivity index (χ0) is 21.3. The van der Waals surface area contributed by atoms with E-state index in [0.717, 1.165) is 23.2 Å². The van der Waals surface area contributed by atoms with Crippen LogP contribution in [-0.4, -0.2) is 30.7 Å². The molecule has 30 heavy (non-hydrogen) atoms. The number of nitrogens with zero attached hydrogens (tertiary/aromatic N) is 1. The molecule has 0 spiro atoms. The molecule has 3 aromatic rings. The second kappa shape index (κ2) is 10.5. The van der Waals surface area contributed by atoms with Crippen molar-refractivity contribution >= 4 is 11.7 Å². The van der Waals surface area contributed by atoms with E-state index in [-0.39, 0.29) is 24.5 Å². The van der Waals surface area contributed by atoms with Gasteiger partial charge in [-0.05, 0) is 36.3 Å². The third-order valence-corrected chi connectivity index (χ3v) is 4.90. The van der Waals surface area contributed by atoms with Gasteiger partial charge in [-0.2, -0.15) is 0 Å². The van der Waals surface area contributed by atoms with Crippen LogP contribution in [0.5, 0.6) is 0 Å². The van der Waals surface area contributed by atoms with Crippen molar-refractivity contribution in [1.82, 2.24) is 10.2 Å². The molecule has 0 aliphatic heterocycles. The van der Waals surface area contributed by atoms with Gasteiger partial charge in [-0.3, -0.25) is 9.59 Å². The van der Waals surface area contributed by atoms with Gasteiger partial charge in [0.05, 0.1) is 0 Å². The van der Waals surface area contributed by atoms with Crippen LogP contribution in [0.2, 0.25) is 0 Å². The summed E-state index contributed by atoms with van der Waals surface area (Å²) in [6, 6.07) is 25.8. The van der Waals surface area contributed by atoms with Gasteiger partial charge in [0.1, 0.15) is 0 Å². The first-order valence-electron chi connectivity index (χ1n) is 10.2. The highest BCUT2D eigenvalue weighted by Gasteiger charge is 2.10. The van der Waals surface area contributed by atoms with Crippen molar-refractivity contribution in [3.8, 4) is 11.1 Å². The topological polar surface area (TPSA) is 49.4 Å². The normalized spacial score (nSPS) is 10.8. The highest BCUT2D eigenvalue weighted by molar-refractivity contribution is 5.98. The Morgan fingerprint density at radius 3 is 1.97 bits per heavy atom. The van der Waals surface area contributed by atoms with Gasteiger partial charge in [0.15, 0.2) is 5.78 Å². The summed E-state index contributed by atoms with van der Waals surface area (Å²) in [5.74, 6) is -0.126. The predicted molar refractivity (Wildman–Crippen MR) is 121 cm³/mol. The van der Waals surface area contributed by atoms with Gasteiger partial charge in [0.2, 0.25) is 5.91 Å². The molecule has 0 saturated heterocycles. The fraction of sp³-hybridized carbons (Fsp3) is 0.231. The first-order valence-corrected chi connectivity index (χ1v) is 10.2. The van der Waals surface area contributed by atoms with E-state index < -0.39 is 0 Å². The molecule has 0 saturated carbocycles. The Morgan fingerprint density at radius 1 is 0.733 bits per heavy atom. The Bertz CT molecular complexity index is 962. The van der Waals surface area contributed by atoms with Crippen LogP contribution in [0.3, 0.4) is 0 Å². The molecule has 0 aliphatic rings. The summed E-state index contributed by atoms with van der Waals surface area (Å²) in [4.78, 5) is 26.7. The van der Waals surface area contributed by atoms with Crippen molar-refractivity contribution in [3.63, 3.8) is 0 Å². The Morgan fingerprint density at radius 2 is 1.33 bits per heavy atom. The lowest BCUT2D eigenvalue weighted by Crippen LogP contribution is -2.23. The van der Waals surface area contributed by atoms with Gasteiger partial charge < -0.3 is 10.2 Å². The Balaban J connectivity index is 1.44. The van der Waals surface area contributed by atoms with E-state index in [4.69, 9.17) is 0 Å². The minimum absolute atomic E-state index is 0.0159. The van der Waals surface area contributed by atoms with Gasteiger partial charge in [0, 0.05) is 31.5 Å². The molecule has 0 heterocycles. The van der Waals surface area contributed by atoms with Crippen LogP contribution in [0.15, 0.2) is 78.9 Å². The minimum atomic E-state index is -0.110. The number of carbonyl (C=O) groups is 2. The standard InChI is InChI=1S/C26H28N2O2/c1-28(2)19-21-10-8-20(9-11-21)18-27-26(30)17-16-25(29)24-14-12-23(13-15-24)22-6-4-3-5-7-22/h3-15H,16-19H2,1-2H3,(H,27,30). The number of amides is 1. The molecule has 0 aliphatic carbocycles. The highest BCUT2D eigenvalue weighted by Crippen LogP contribution is 2.20. The van der Waals surface area contributed by atoms with E-state index >= 15 is 0 Å². The lowest BCUT2D eigenvalue weighted by molar-refractivity contribution is -0.121. The second-order valence-electron chi connectivity index (χ2n) is 7.70. The number of hydrogen-bond acceptors (Lipinski definition) is 3. The predicted octanol–water partition coefficient (Wildman–Crippen LogP) is 4.69. The zero-order valence-corrected chi connectivity index (χ0v) is 17.6. The van der Waals surface area contributed by atoms with Crippen LogP contribution < -0.4 is 5.32 Å². The van der Waals surface area contributed by atoms with E-state index in [9.17, 15) is 9.59 Å². The van der Waals surface area contributed by atoms with Gasteiger partial charge in [0.25, 0.3) is 0 Å². The molecular weight excluding hydrogens is 372 g/mol. The minimum Gasteiger partial charge on any atom is -0.352 e. The fourth-order valence-corrected chi connectivity index (χ4v) is 3.27. The summed E-state index contributed by atoms with van der Waals surface area (Å²) in [5.41, 5.74) is 5.11. The van der Waals surface area contributed by atoms with Gasteiger partial charge in [-0.25, -0.2) is 0 Å². The molecule has 0 atom stereocenters. The number of ketones is 1. The number of Topliss-reactive ketones (excluding diaryl/α,β-unsaturated/α-hetero) is 1. The van der Waals surface area contributed by atoms with E-state index in [1.54, 1.807) is 0 Å². The Labute approximate surface area is 178 Å². The van der Waals surface area contributed by atoms with Crippen molar-refractivity contribution < 1.29 is 9.59 Å². The zero-order valence-electron chi connectivity index (χ0n) is 17.6. The summed E-state index contributed by atoms with van der Waals surface area (Å²) in [6.45, 7) is 1.36. The molecule has 0 aromatic heterocycles. The maximum absolute atomic E-state index is 12.4. The van der Waals surface area contributed by atoms with Crippen LogP contribution in [0.25, 0.3) is 11.1 Å². The van der Waals surface area contributed by atoms with Gasteiger partial charge in [-0.1, -0.05) is 78.9 Å². The Kier molecular flexibility index (Phi) is 7.52. The van der Waals surface area contributed by atoms with Crippen molar-refractivity contribution in [3.05, 3.63) is 95.6 Å². The molecule has 1 N–H and O–H groups in total. The summed E-state index contributed by atoms with van der Waals surface area (Å²) in [5, 5.41) is 2.90. The van der Waals surface area contributed by atoms with Gasteiger partial charge in [-0.15, -0.1) is 0 Å². The molecular formula is C26H28N2O2. The van der Waals surface area contributed by atoms with Crippen LogP contribution >= 0.6 is 0 Å². The summed E-state index contributed by atoms with van der Waals surface area (Å²) in [7, 11) is 4.07. The molecule has 1 amide bonds. The van der Waals surface area contributed by atoms with Crippen molar-refractivity contribution in [1.29, 1.82) is 0 Å². The third kappa shape index (κ3) is 6.39. The molecule has 4 nitrogen and oxygen atoms in total. The third-order valence-electron chi connectivity index (χ3n) is 4.90. The first-order chi connectivity index (χ1) is 14.5. The van der Waals surface area contributed by atoms with Crippen LogP contribution in [0.4, 0.5) is 0 Å². The monoisotopic (exact) mass is 400 g/mol. The molecule has 4 heteroatoms. The largest absolute Gasteiger partial charge is 0.352 e. The first kappa shape index (κ1) is 21.5. The van der Waals surface area contributed by atoms with Crippen LogP contribution in [-0.2, 0) is 17.9 Å². The number of rotatable bonds is 9. The number of benzene rings is 3. The average Bonchev–Trinajstić information content (AvgIpc) is 2.77. The summed E-state index contributed by atoms with van der Waals surface area (Å²) >= 11 is 0. The number of nitrogens with one attached hydrogen (secondary N) is 1. The average molecular weight is 401 g/mol. The smallest absolute Gasteiger partial charge is 0.220 e. The molecule has 0 bridgehead atoms. The van der Waals surface area contributed by atoms with Crippen molar-refractivity contribution in [2.24, 2.45) is 0 Å². The second-order valence-corrected chi connectivity index (χ2v) is 7.70. The fourth-order valence-electron chi connectivity index (χ4n) is 3.27. The molecule has 0 radical (unpaired) electrons. The van der Waals surface area contributed by atoms with Crippen LogP contribution in [0.1, 0.15) is 34.3 Å².